The van der Waals surface area contributed by atoms with Crippen LogP contribution in [0.2, 0.25) is 0 Å². The lowest BCUT2D eigenvalue weighted by Gasteiger charge is -2.28. The number of ether oxygens (including phenoxy) is 2. The first-order valence-corrected chi connectivity index (χ1v) is 7.82. The normalized spacial score (nSPS) is 21.4. The molecule has 5 heteroatoms. The summed E-state index contributed by atoms with van der Waals surface area (Å²) in [4.78, 5) is 11.0. The van der Waals surface area contributed by atoms with Gasteiger partial charge in [0.2, 0.25) is 0 Å². The second-order valence-corrected chi connectivity index (χ2v) is 5.87. The van der Waals surface area contributed by atoms with Crippen molar-refractivity contribution < 1.29 is 19.4 Å². The molecule has 1 aliphatic rings. The van der Waals surface area contributed by atoms with Crippen molar-refractivity contribution in [3.05, 3.63) is 23.8 Å². The molecule has 1 fully saturated rings. The van der Waals surface area contributed by atoms with Crippen molar-refractivity contribution in [1.29, 1.82) is 0 Å². The summed E-state index contributed by atoms with van der Waals surface area (Å²) in [5, 5.41) is 12.6. The molecule has 0 aromatic heterocycles. The molecule has 0 radical (unpaired) electrons. The number of carbonyl (C=O) groups is 1. The molecule has 1 aliphatic carbocycles. The lowest BCUT2D eigenvalue weighted by atomic mass is 9.86. The molecule has 5 nitrogen and oxygen atoms in total. The second-order valence-electron chi connectivity index (χ2n) is 5.87. The largest absolute Gasteiger partial charge is 0.489 e. The molecule has 0 atom stereocenters. The summed E-state index contributed by atoms with van der Waals surface area (Å²) in [6.45, 7) is 3.10. The molecule has 0 unspecified atom stereocenters. The number of benzene rings is 1. The third kappa shape index (κ3) is 4.63. The van der Waals surface area contributed by atoms with Crippen LogP contribution in [0.5, 0.6) is 5.75 Å². The van der Waals surface area contributed by atoms with Crippen molar-refractivity contribution in [3.8, 4) is 5.75 Å². The molecule has 2 rings (SSSR count). The Labute approximate surface area is 131 Å². The maximum Gasteiger partial charge on any atom is 0.306 e. The van der Waals surface area contributed by atoms with E-state index >= 15 is 0 Å². The van der Waals surface area contributed by atoms with Crippen LogP contribution in [0.3, 0.4) is 0 Å². The molecule has 1 aromatic rings. The van der Waals surface area contributed by atoms with Crippen LogP contribution >= 0.6 is 0 Å². The number of nitrogens with one attached hydrogen (secondary N) is 1. The third-order valence-corrected chi connectivity index (χ3v) is 4.12. The fraction of sp³-hybridized carbons (Fsp3) is 0.588. The van der Waals surface area contributed by atoms with Gasteiger partial charge in [-0.25, -0.2) is 0 Å². The van der Waals surface area contributed by atoms with E-state index in [1.54, 1.807) is 7.11 Å². The van der Waals surface area contributed by atoms with E-state index in [0.29, 0.717) is 19.3 Å². The fourth-order valence-corrected chi connectivity index (χ4v) is 2.81. The highest BCUT2D eigenvalue weighted by Crippen LogP contribution is 2.31. The zero-order valence-corrected chi connectivity index (χ0v) is 13.3. The summed E-state index contributed by atoms with van der Waals surface area (Å²) in [5.41, 5.74) is 2.12. The van der Waals surface area contributed by atoms with Gasteiger partial charge in [0.25, 0.3) is 0 Å². The van der Waals surface area contributed by atoms with Gasteiger partial charge >= 0.3 is 5.97 Å². The molecule has 1 aromatic carbocycles. The molecule has 0 amide bonds. The molecule has 1 saturated carbocycles. The Morgan fingerprint density at radius 3 is 2.64 bits per heavy atom. The Morgan fingerprint density at radius 1 is 1.27 bits per heavy atom. The number of hydrogen-bond donors (Lipinski definition) is 2. The average molecular weight is 307 g/mol. The molecule has 22 heavy (non-hydrogen) atoms. The number of hydrogen-bond acceptors (Lipinski definition) is 4. The van der Waals surface area contributed by atoms with Crippen molar-refractivity contribution in [2.75, 3.05) is 25.6 Å². The van der Waals surface area contributed by atoms with Crippen LogP contribution in [0.4, 0.5) is 5.69 Å². The van der Waals surface area contributed by atoms with E-state index in [0.717, 1.165) is 42.7 Å². The standard InChI is InChI=1S/C17H25NO4/c1-12-3-8-15(16(11-12)22-10-9-21-2)18-14-6-4-13(5-7-14)17(19)20/h3,8,11,13-14,18H,4-7,9-10H2,1-2H3,(H,19,20). The summed E-state index contributed by atoms with van der Waals surface area (Å²) < 4.78 is 10.8. The van der Waals surface area contributed by atoms with E-state index < -0.39 is 5.97 Å². The monoisotopic (exact) mass is 307 g/mol. The summed E-state index contributed by atoms with van der Waals surface area (Å²) in [6, 6.07) is 6.40. The van der Waals surface area contributed by atoms with Gasteiger partial charge in [0.15, 0.2) is 0 Å². The number of aryl methyl sites for hydroxylation is 1. The van der Waals surface area contributed by atoms with Crippen LogP contribution in [-0.4, -0.2) is 37.4 Å². The molecular formula is C17H25NO4. The molecule has 0 aliphatic heterocycles. The van der Waals surface area contributed by atoms with Crippen molar-refractivity contribution in [2.45, 2.75) is 38.6 Å². The summed E-state index contributed by atoms with van der Waals surface area (Å²) in [5.74, 6) is -0.0247. The van der Waals surface area contributed by atoms with E-state index in [2.05, 4.69) is 5.32 Å². The van der Waals surface area contributed by atoms with Crippen molar-refractivity contribution >= 4 is 11.7 Å². The first-order valence-electron chi connectivity index (χ1n) is 7.82. The Bertz CT molecular complexity index is 495. The van der Waals surface area contributed by atoms with Gasteiger partial charge in [-0.05, 0) is 50.3 Å². The van der Waals surface area contributed by atoms with Crippen molar-refractivity contribution in [3.63, 3.8) is 0 Å². The minimum atomic E-state index is -0.669. The number of aliphatic carboxylic acids is 1. The zero-order chi connectivity index (χ0) is 15.9. The quantitative estimate of drug-likeness (QED) is 0.758. The van der Waals surface area contributed by atoms with E-state index in [1.165, 1.54) is 0 Å². The van der Waals surface area contributed by atoms with Crippen LogP contribution in [0.1, 0.15) is 31.2 Å². The van der Waals surface area contributed by atoms with Gasteiger partial charge in [-0.3, -0.25) is 4.79 Å². The average Bonchev–Trinajstić information content (AvgIpc) is 2.50. The highest BCUT2D eigenvalue weighted by molar-refractivity contribution is 5.70. The minimum absolute atomic E-state index is 0.187. The number of methoxy groups -OCH3 is 1. The highest BCUT2D eigenvalue weighted by Gasteiger charge is 2.26. The predicted octanol–water partition coefficient (Wildman–Crippen LogP) is 3.08. The van der Waals surface area contributed by atoms with Gasteiger partial charge < -0.3 is 19.9 Å². The van der Waals surface area contributed by atoms with E-state index in [4.69, 9.17) is 14.6 Å². The van der Waals surface area contributed by atoms with Gasteiger partial charge in [-0.1, -0.05) is 6.07 Å². The van der Waals surface area contributed by atoms with Crippen molar-refractivity contribution in [1.82, 2.24) is 0 Å². The van der Waals surface area contributed by atoms with Gasteiger partial charge in [0.05, 0.1) is 18.2 Å². The van der Waals surface area contributed by atoms with Gasteiger partial charge in [-0.15, -0.1) is 0 Å². The van der Waals surface area contributed by atoms with Crippen LogP contribution in [0.15, 0.2) is 18.2 Å². The fourth-order valence-electron chi connectivity index (χ4n) is 2.81. The maximum absolute atomic E-state index is 11.0. The first kappa shape index (κ1) is 16.6. The smallest absolute Gasteiger partial charge is 0.306 e. The molecular weight excluding hydrogens is 282 g/mol. The lowest BCUT2D eigenvalue weighted by molar-refractivity contribution is -0.142. The SMILES string of the molecule is COCCOc1cc(C)ccc1NC1CCC(C(=O)O)CC1. The van der Waals surface area contributed by atoms with Gasteiger partial charge in [0, 0.05) is 13.2 Å². The molecule has 122 valence electrons. The summed E-state index contributed by atoms with van der Waals surface area (Å²) >= 11 is 0. The van der Waals surface area contributed by atoms with Crippen LogP contribution < -0.4 is 10.1 Å². The summed E-state index contributed by atoms with van der Waals surface area (Å²) in [6.07, 6.45) is 3.22. The van der Waals surface area contributed by atoms with E-state index in [9.17, 15) is 4.79 Å². The molecule has 0 heterocycles. The Morgan fingerprint density at radius 2 is 2.00 bits per heavy atom. The van der Waals surface area contributed by atoms with Crippen LogP contribution in [0.25, 0.3) is 0 Å². The third-order valence-electron chi connectivity index (χ3n) is 4.12. The second kappa shape index (κ2) is 8.03. The topological polar surface area (TPSA) is 67.8 Å². The first-order chi connectivity index (χ1) is 10.6. The zero-order valence-electron chi connectivity index (χ0n) is 13.3. The van der Waals surface area contributed by atoms with Gasteiger partial charge in [-0.2, -0.15) is 0 Å². The number of anilines is 1. The number of carboxylic acids is 1. The Kier molecular flexibility index (Phi) is 6.07. The molecule has 0 spiro atoms. The number of rotatable bonds is 7. The highest BCUT2D eigenvalue weighted by atomic mass is 16.5. The lowest BCUT2D eigenvalue weighted by Crippen LogP contribution is -2.29. The molecule has 0 bridgehead atoms. The Hall–Kier alpha value is -1.75. The van der Waals surface area contributed by atoms with E-state index in [-0.39, 0.29) is 5.92 Å². The predicted molar refractivity (Wildman–Crippen MR) is 85.6 cm³/mol. The van der Waals surface area contributed by atoms with Gasteiger partial charge in [0.1, 0.15) is 12.4 Å². The molecule has 2 N–H and O–H groups in total. The molecule has 0 saturated heterocycles. The van der Waals surface area contributed by atoms with Crippen LogP contribution in [-0.2, 0) is 9.53 Å². The Balaban J connectivity index is 1.95. The maximum atomic E-state index is 11.0. The number of carboxylic acid groups (broad SMARTS) is 1. The summed E-state index contributed by atoms with van der Waals surface area (Å²) in [7, 11) is 1.65. The van der Waals surface area contributed by atoms with E-state index in [1.807, 2.05) is 25.1 Å². The minimum Gasteiger partial charge on any atom is -0.489 e. The van der Waals surface area contributed by atoms with Crippen LogP contribution in [0, 0.1) is 12.8 Å². The van der Waals surface area contributed by atoms with Crippen molar-refractivity contribution in [2.24, 2.45) is 5.92 Å².